The molecule has 0 saturated carbocycles. The van der Waals surface area contributed by atoms with E-state index in [2.05, 4.69) is 25.1 Å². The maximum atomic E-state index is 13.6. The Hall–Kier alpha value is -1.65. The van der Waals surface area contributed by atoms with Gasteiger partial charge in [0.2, 0.25) is 10.0 Å². The van der Waals surface area contributed by atoms with E-state index in [1.165, 1.54) is 5.56 Å². The van der Waals surface area contributed by atoms with Crippen LogP contribution in [0.2, 0.25) is 0 Å². The van der Waals surface area contributed by atoms with E-state index in [9.17, 15) is 8.42 Å². The molecule has 0 radical (unpaired) electrons. The molecule has 2 aromatic carbocycles. The van der Waals surface area contributed by atoms with E-state index >= 15 is 0 Å². The Kier molecular flexibility index (Phi) is 5.54. The largest absolute Gasteiger partial charge is 0.243 e. The van der Waals surface area contributed by atoms with Gasteiger partial charge in [0.15, 0.2) is 0 Å². The number of nitrogens with zero attached hydrogens (tertiary/aromatic N) is 1. The highest BCUT2D eigenvalue weighted by Gasteiger charge is 2.34. The first-order chi connectivity index (χ1) is 12.3. The summed E-state index contributed by atoms with van der Waals surface area (Å²) in [5.74, 6) is 0. The van der Waals surface area contributed by atoms with Gasteiger partial charge in [0, 0.05) is 6.54 Å². The van der Waals surface area contributed by atoms with Crippen molar-refractivity contribution in [3.8, 4) is 0 Å². The smallest absolute Gasteiger partial charge is 0.207 e. The number of hydrogen-bond acceptors (Lipinski definition) is 2. The normalized spacial score (nSPS) is 19.3. The highest BCUT2D eigenvalue weighted by atomic mass is 32.2. The molecular weight excluding hydrogens is 342 g/mol. The Bertz CT molecular complexity index is 902. The number of aryl methyl sites for hydroxylation is 4. The minimum atomic E-state index is -3.53. The minimum Gasteiger partial charge on any atom is -0.207 e. The molecular formula is C22H29NO2S. The van der Waals surface area contributed by atoms with Crippen molar-refractivity contribution in [3.05, 3.63) is 64.2 Å². The number of benzene rings is 2. The lowest BCUT2D eigenvalue weighted by Crippen LogP contribution is -2.35. The van der Waals surface area contributed by atoms with Crippen LogP contribution in [0.4, 0.5) is 0 Å². The predicted molar refractivity (Wildman–Crippen MR) is 107 cm³/mol. The van der Waals surface area contributed by atoms with Crippen molar-refractivity contribution in [2.75, 3.05) is 6.54 Å². The lowest BCUT2D eigenvalue weighted by molar-refractivity contribution is 0.328. The first-order valence-electron chi connectivity index (χ1n) is 9.47. The molecule has 0 spiro atoms. The van der Waals surface area contributed by atoms with Crippen LogP contribution >= 0.6 is 0 Å². The van der Waals surface area contributed by atoms with Gasteiger partial charge in [-0.05, 0) is 68.9 Å². The Labute approximate surface area is 158 Å². The number of rotatable bonds is 3. The molecule has 26 heavy (non-hydrogen) atoms. The standard InChI is InChI=1S/C22H29NO2S/c1-16-9-8-10-20(13-16)21-11-6-5-7-12-23(21)26(24,25)22-15-18(3)17(2)14-19(22)4/h8-10,13-15,21H,5-7,11-12H2,1-4H3. The predicted octanol–water partition coefficient (Wildman–Crippen LogP) is 5.23. The fourth-order valence-electron chi connectivity index (χ4n) is 3.92. The molecule has 1 aliphatic heterocycles. The molecule has 1 heterocycles. The average Bonchev–Trinajstić information content (AvgIpc) is 2.84. The molecule has 1 aliphatic rings. The second-order valence-electron chi connectivity index (χ2n) is 7.60. The van der Waals surface area contributed by atoms with Crippen LogP contribution in [0.25, 0.3) is 0 Å². The van der Waals surface area contributed by atoms with Crippen LogP contribution < -0.4 is 0 Å². The van der Waals surface area contributed by atoms with E-state index in [0.717, 1.165) is 47.9 Å². The van der Waals surface area contributed by atoms with Gasteiger partial charge >= 0.3 is 0 Å². The maximum Gasteiger partial charge on any atom is 0.243 e. The Morgan fingerprint density at radius 3 is 2.35 bits per heavy atom. The molecule has 1 atom stereocenters. The third kappa shape index (κ3) is 3.72. The summed E-state index contributed by atoms with van der Waals surface area (Å²) in [6, 6.07) is 12.0. The van der Waals surface area contributed by atoms with Crippen molar-refractivity contribution in [2.24, 2.45) is 0 Å². The van der Waals surface area contributed by atoms with E-state index < -0.39 is 10.0 Å². The second kappa shape index (κ2) is 7.53. The lowest BCUT2D eigenvalue weighted by Gasteiger charge is -2.30. The van der Waals surface area contributed by atoms with E-state index in [1.807, 2.05) is 39.0 Å². The van der Waals surface area contributed by atoms with E-state index in [4.69, 9.17) is 0 Å². The molecule has 1 fully saturated rings. The lowest BCUT2D eigenvalue weighted by atomic mass is 10.0. The molecule has 0 bridgehead atoms. The molecule has 4 heteroatoms. The summed E-state index contributed by atoms with van der Waals surface area (Å²) in [4.78, 5) is 0.458. The fourth-order valence-corrected chi connectivity index (χ4v) is 5.89. The molecule has 2 aromatic rings. The van der Waals surface area contributed by atoms with Crippen LogP contribution in [0.5, 0.6) is 0 Å². The van der Waals surface area contributed by atoms with Gasteiger partial charge in [0.25, 0.3) is 0 Å². The first-order valence-corrected chi connectivity index (χ1v) is 10.9. The van der Waals surface area contributed by atoms with Gasteiger partial charge in [0.1, 0.15) is 0 Å². The summed E-state index contributed by atoms with van der Waals surface area (Å²) in [6.45, 7) is 8.56. The monoisotopic (exact) mass is 371 g/mol. The highest BCUT2D eigenvalue weighted by molar-refractivity contribution is 7.89. The summed E-state index contributed by atoms with van der Waals surface area (Å²) in [7, 11) is -3.53. The Balaban J connectivity index is 2.09. The van der Waals surface area contributed by atoms with Crippen LogP contribution in [-0.4, -0.2) is 19.3 Å². The molecule has 140 valence electrons. The zero-order chi connectivity index (χ0) is 18.9. The topological polar surface area (TPSA) is 37.4 Å². The summed E-state index contributed by atoms with van der Waals surface area (Å²) in [5.41, 5.74) is 5.27. The summed E-state index contributed by atoms with van der Waals surface area (Å²) in [6.07, 6.45) is 3.95. The third-order valence-electron chi connectivity index (χ3n) is 5.51. The molecule has 0 aliphatic carbocycles. The maximum absolute atomic E-state index is 13.6. The van der Waals surface area contributed by atoms with Crippen molar-refractivity contribution in [2.45, 2.75) is 64.3 Å². The van der Waals surface area contributed by atoms with Crippen molar-refractivity contribution >= 4 is 10.0 Å². The fraction of sp³-hybridized carbons (Fsp3) is 0.455. The van der Waals surface area contributed by atoms with E-state index in [0.29, 0.717) is 11.4 Å². The molecule has 1 unspecified atom stereocenters. The molecule has 0 aromatic heterocycles. The summed E-state index contributed by atoms with van der Waals surface area (Å²) < 4.78 is 29.0. The van der Waals surface area contributed by atoms with Crippen LogP contribution in [0.15, 0.2) is 41.3 Å². The molecule has 0 amide bonds. The van der Waals surface area contributed by atoms with Crippen molar-refractivity contribution < 1.29 is 8.42 Å². The Morgan fingerprint density at radius 2 is 1.62 bits per heavy atom. The molecule has 0 N–H and O–H groups in total. The third-order valence-corrected chi connectivity index (χ3v) is 7.56. The van der Waals surface area contributed by atoms with Crippen LogP contribution in [0.3, 0.4) is 0 Å². The SMILES string of the molecule is Cc1cccc(C2CCCCCN2S(=O)(=O)c2cc(C)c(C)cc2C)c1. The van der Waals surface area contributed by atoms with E-state index in [-0.39, 0.29) is 6.04 Å². The van der Waals surface area contributed by atoms with Crippen LogP contribution in [-0.2, 0) is 10.0 Å². The molecule has 3 nitrogen and oxygen atoms in total. The second-order valence-corrected chi connectivity index (χ2v) is 9.46. The zero-order valence-electron chi connectivity index (χ0n) is 16.2. The highest BCUT2D eigenvalue weighted by Crippen LogP contribution is 2.36. The van der Waals surface area contributed by atoms with E-state index in [1.54, 1.807) is 4.31 Å². The first kappa shape index (κ1) is 19.1. The van der Waals surface area contributed by atoms with Gasteiger partial charge in [-0.2, -0.15) is 4.31 Å². The van der Waals surface area contributed by atoms with Gasteiger partial charge < -0.3 is 0 Å². The number of sulfonamides is 1. The van der Waals surface area contributed by atoms with Gasteiger partial charge in [-0.1, -0.05) is 48.7 Å². The van der Waals surface area contributed by atoms with Gasteiger partial charge in [0.05, 0.1) is 10.9 Å². The summed E-state index contributed by atoms with van der Waals surface area (Å²) >= 11 is 0. The minimum absolute atomic E-state index is 0.0802. The van der Waals surface area contributed by atoms with Gasteiger partial charge in [-0.15, -0.1) is 0 Å². The number of hydrogen-bond donors (Lipinski definition) is 0. The quantitative estimate of drug-likeness (QED) is 0.741. The average molecular weight is 372 g/mol. The Morgan fingerprint density at radius 1 is 0.885 bits per heavy atom. The summed E-state index contributed by atoms with van der Waals surface area (Å²) in [5, 5.41) is 0. The van der Waals surface area contributed by atoms with Crippen molar-refractivity contribution in [1.82, 2.24) is 4.31 Å². The van der Waals surface area contributed by atoms with Crippen LogP contribution in [0.1, 0.15) is 59.5 Å². The van der Waals surface area contributed by atoms with Crippen molar-refractivity contribution in [1.29, 1.82) is 0 Å². The van der Waals surface area contributed by atoms with Crippen LogP contribution in [0, 0.1) is 27.7 Å². The van der Waals surface area contributed by atoms with Gasteiger partial charge in [-0.3, -0.25) is 0 Å². The molecule has 3 rings (SSSR count). The zero-order valence-corrected chi connectivity index (χ0v) is 17.1. The molecule has 1 saturated heterocycles. The van der Waals surface area contributed by atoms with Gasteiger partial charge in [-0.25, -0.2) is 8.42 Å². The van der Waals surface area contributed by atoms with Crippen molar-refractivity contribution in [3.63, 3.8) is 0 Å².